The predicted molar refractivity (Wildman–Crippen MR) is 110 cm³/mol. The fourth-order valence-corrected chi connectivity index (χ4v) is 3.53. The van der Waals surface area contributed by atoms with Crippen LogP contribution in [0, 0.1) is 0 Å². The fraction of sp³-hybridized carbons (Fsp3) is 0.476. The van der Waals surface area contributed by atoms with Gasteiger partial charge in [-0.1, -0.05) is 31.4 Å². The summed E-state index contributed by atoms with van der Waals surface area (Å²) in [4.78, 5) is 48.1. The van der Waals surface area contributed by atoms with Crippen molar-refractivity contribution in [2.75, 3.05) is 0 Å². The van der Waals surface area contributed by atoms with Crippen LogP contribution >= 0.6 is 0 Å². The van der Waals surface area contributed by atoms with Crippen molar-refractivity contribution in [3.8, 4) is 0 Å². The second-order valence-corrected chi connectivity index (χ2v) is 7.43. The number of aromatic nitrogens is 2. The molecular weight excluding hydrogens is 388 g/mol. The van der Waals surface area contributed by atoms with Gasteiger partial charge in [0, 0.05) is 11.4 Å². The number of amides is 3. The van der Waals surface area contributed by atoms with Crippen LogP contribution in [0.5, 0.6) is 0 Å². The molecule has 1 fully saturated rings. The van der Waals surface area contributed by atoms with Crippen LogP contribution in [0.15, 0.2) is 35.3 Å². The summed E-state index contributed by atoms with van der Waals surface area (Å²) in [7, 11) is 0. The molecule has 1 saturated carbocycles. The summed E-state index contributed by atoms with van der Waals surface area (Å²) in [5, 5.41) is 9.56. The molecule has 1 aromatic heterocycles. The van der Waals surface area contributed by atoms with Crippen molar-refractivity contribution in [2.45, 2.75) is 64.1 Å². The third-order valence-electron chi connectivity index (χ3n) is 5.14. The number of imide groups is 1. The Hall–Kier alpha value is -3.23. The molecule has 30 heavy (non-hydrogen) atoms. The Bertz CT molecular complexity index is 981. The van der Waals surface area contributed by atoms with Crippen molar-refractivity contribution in [2.24, 2.45) is 0 Å². The SMILES string of the molecule is CC(OC(=O)CCn1ncc(=O)c2ccccc21)C(=O)NC(=O)NC1CCCCC1. The van der Waals surface area contributed by atoms with Crippen molar-refractivity contribution in [3.05, 3.63) is 40.7 Å². The lowest BCUT2D eigenvalue weighted by Crippen LogP contribution is -2.48. The number of urea groups is 1. The molecule has 9 nitrogen and oxygen atoms in total. The molecule has 1 aromatic carbocycles. The molecule has 0 radical (unpaired) electrons. The molecule has 160 valence electrons. The number of ether oxygens (including phenoxy) is 1. The van der Waals surface area contributed by atoms with E-state index in [2.05, 4.69) is 15.7 Å². The average molecular weight is 414 g/mol. The molecule has 3 amide bonds. The van der Waals surface area contributed by atoms with E-state index in [-0.39, 0.29) is 24.4 Å². The Balaban J connectivity index is 1.47. The zero-order valence-corrected chi connectivity index (χ0v) is 16.9. The van der Waals surface area contributed by atoms with Gasteiger partial charge >= 0.3 is 12.0 Å². The minimum atomic E-state index is -1.10. The minimum Gasteiger partial charge on any atom is -0.452 e. The first-order valence-corrected chi connectivity index (χ1v) is 10.2. The molecule has 0 saturated heterocycles. The topological polar surface area (TPSA) is 119 Å². The number of fused-ring (bicyclic) bond motifs is 1. The molecule has 2 aromatic rings. The standard InChI is InChI=1S/C21H26N4O5/c1-14(20(28)24-21(29)23-15-7-3-2-4-8-15)30-19(27)11-12-25-17-10-6-5-9-16(17)18(26)13-22-25/h5-6,9-10,13-15H,2-4,7-8,11-12H2,1H3,(H2,23,24,28,29). The van der Waals surface area contributed by atoms with Crippen molar-refractivity contribution < 1.29 is 19.1 Å². The highest BCUT2D eigenvalue weighted by atomic mass is 16.5. The van der Waals surface area contributed by atoms with Crippen LogP contribution in [0.4, 0.5) is 4.79 Å². The van der Waals surface area contributed by atoms with E-state index < -0.39 is 24.0 Å². The first kappa shape index (κ1) is 21.5. The van der Waals surface area contributed by atoms with Crippen molar-refractivity contribution in [1.29, 1.82) is 0 Å². The number of para-hydroxylation sites is 1. The Labute approximate surface area is 173 Å². The molecule has 9 heteroatoms. The lowest BCUT2D eigenvalue weighted by molar-refractivity contribution is -0.154. The summed E-state index contributed by atoms with van der Waals surface area (Å²) >= 11 is 0. The van der Waals surface area contributed by atoms with Gasteiger partial charge in [-0.25, -0.2) is 4.79 Å². The average Bonchev–Trinajstić information content (AvgIpc) is 2.74. The number of carbonyl (C=O) groups excluding carboxylic acids is 3. The number of hydrogen-bond acceptors (Lipinski definition) is 6. The van der Waals surface area contributed by atoms with Gasteiger partial charge in [-0.15, -0.1) is 0 Å². The monoisotopic (exact) mass is 414 g/mol. The van der Waals surface area contributed by atoms with E-state index in [0.29, 0.717) is 10.9 Å². The van der Waals surface area contributed by atoms with Gasteiger partial charge < -0.3 is 10.1 Å². The highest BCUT2D eigenvalue weighted by Crippen LogP contribution is 2.17. The van der Waals surface area contributed by atoms with Crippen LogP contribution in [-0.4, -0.2) is 39.8 Å². The maximum absolute atomic E-state index is 12.1. The van der Waals surface area contributed by atoms with Gasteiger partial charge in [-0.3, -0.25) is 24.4 Å². The lowest BCUT2D eigenvalue weighted by atomic mass is 9.96. The zero-order chi connectivity index (χ0) is 21.5. The molecule has 1 aliphatic carbocycles. The van der Waals surface area contributed by atoms with Crippen LogP contribution in [-0.2, 0) is 20.9 Å². The van der Waals surface area contributed by atoms with Gasteiger partial charge in [0.1, 0.15) is 0 Å². The molecule has 1 unspecified atom stereocenters. The van der Waals surface area contributed by atoms with E-state index >= 15 is 0 Å². The molecule has 2 N–H and O–H groups in total. The Kier molecular flexibility index (Phi) is 7.16. The molecular formula is C21H26N4O5. The van der Waals surface area contributed by atoms with E-state index in [1.165, 1.54) is 13.1 Å². The number of benzene rings is 1. The molecule has 1 heterocycles. The molecule has 0 spiro atoms. The Morgan fingerprint density at radius 1 is 1.20 bits per heavy atom. The smallest absolute Gasteiger partial charge is 0.321 e. The van der Waals surface area contributed by atoms with Gasteiger partial charge in [0.05, 0.1) is 24.7 Å². The maximum Gasteiger partial charge on any atom is 0.321 e. The second-order valence-electron chi connectivity index (χ2n) is 7.43. The van der Waals surface area contributed by atoms with E-state index in [1.807, 2.05) is 0 Å². The third-order valence-corrected chi connectivity index (χ3v) is 5.14. The van der Waals surface area contributed by atoms with Crippen molar-refractivity contribution in [1.82, 2.24) is 20.4 Å². The number of rotatable bonds is 6. The number of hydrogen-bond donors (Lipinski definition) is 2. The summed E-state index contributed by atoms with van der Waals surface area (Å²) in [6.45, 7) is 1.60. The van der Waals surface area contributed by atoms with Crippen LogP contribution in [0.1, 0.15) is 45.4 Å². The summed E-state index contributed by atoms with van der Waals surface area (Å²) in [5.41, 5.74) is 0.421. The summed E-state index contributed by atoms with van der Waals surface area (Å²) in [5.74, 6) is -1.28. The Morgan fingerprint density at radius 3 is 2.70 bits per heavy atom. The number of carbonyl (C=O) groups is 3. The fourth-order valence-electron chi connectivity index (χ4n) is 3.53. The molecule has 0 aliphatic heterocycles. The van der Waals surface area contributed by atoms with Gasteiger partial charge in [0.15, 0.2) is 6.10 Å². The van der Waals surface area contributed by atoms with Crippen LogP contribution in [0.25, 0.3) is 10.9 Å². The van der Waals surface area contributed by atoms with Crippen LogP contribution in [0.2, 0.25) is 0 Å². The highest BCUT2D eigenvalue weighted by Gasteiger charge is 2.22. The first-order chi connectivity index (χ1) is 14.4. The number of nitrogens with zero attached hydrogens (tertiary/aromatic N) is 2. The van der Waals surface area contributed by atoms with E-state index in [9.17, 15) is 19.2 Å². The van der Waals surface area contributed by atoms with Gasteiger partial charge in [-0.05, 0) is 31.9 Å². The minimum absolute atomic E-state index is 0.0360. The summed E-state index contributed by atoms with van der Waals surface area (Å²) < 4.78 is 6.67. The number of aryl methyl sites for hydroxylation is 1. The van der Waals surface area contributed by atoms with E-state index in [0.717, 1.165) is 32.1 Å². The maximum atomic E-state index is 12.1. The van der Waals surface area contributed by atoms with Gasteiger partial charge in [-0.2, -0.15) is 5.10 Å². The Morgan fingerprint density at radius 2 is 1.93 bits per heavy atom. The molecule has 1 atom stereocenters. The zero-order valence-electron chi connectivity index (χ0n) is 16.9. The van der Waals surface area contributed by atoms with Gasteiger partial charge in [0.2, 0.25) is 5.43 Å². The number of nitrogens with one attached hydrogen (secondary N) is 2. The molecule has 3 rings (SSSR count). The highest BCUT2D eigenvalue weighted by molar-refractivity contribution is 5.97. The second kappa shape index (κ2) is 10.00. The first-order valence-electron chi connectivity index (χ1n) is 10.2. The number of esters is 1. The van der Waals surface area contributed by atoms with Crippen molar-refractivity contribution in [3.63, 3.8) is 0 Å². The summed E-state index contributed by atoms with van der Waals surface area (Å²) in [6.07, 6.45) is 5.16. The lowest BCUT2D eigenvalue weighted by Gasteiger charge is -2.23. The molecule has 0 bridgehead atoms. The van der Waals surface area contributed by atoms with Crippen molar-refractivity contribution >= 4 is 28.8 Å². The normalized spacial score (nSPS) is 15.4. The van der Waals surface area contributed by atoms with Crippen LogP contribution < -0.4 is 16.1 Å². The third kappa shape index (κ3) is 5.65. The predicted octanol–water partition coefficient (Wildman–Crippen LogP) is 1.88. The molecule has 1 aliphatic rings. The quantitative estimate of drug-likeness (QED) is 0.697. The van der Waals surface area contributed by atoms with E-state index in [4.69, 9.17) is 4.74 Å². The van der Waals surface area contributed by atoms with Crippen LogP contribution in [0.3, 0.4) is 0 Å². The van der Waals surface area contributed by atoms with Gasteiger partial charge in [0.25, 0.3) is 5.91 Å². The van der Waals surface area contributed by atoms with E-state index in [1.54, 1.807) is 28.9 Å². The summed E-state index contributed by atoms with van der Waals surface area (Å²) in [6, 6.07) is 6.48. The largest absolute Gasteiger partial charge is 0.452 e.